The summed E-state index contributed by atoms with van der Waals surface area (Å²) in [5, 5.41) is 16.8. The van der Waals surface area contributed by atoms with Crippen LogP contribution in [0.5, 0.6) is 0 Å². The summed E-state index contributed by atoms with van der Waals surface area (Å²) in [4.78, 5) is 10.4. The minimum Gasteiger partial charge on any atom is -0.480 e. The molecule has 19 heavy (non-hydrogen) atoms. The number of aliphatic carboxylic acids is 1. The maximum atomic E-state index is 10.4. The van der Waals surface area contributed by atoms with Crippen molar-refractivity contribution in [1.82, 2.24) is 10.3 Å². The van der Waals surface area contributed by atoms with Crippen LogP contribution in [0.25, 0.3) is 6.08 Å². The lowest BCUT2D eigenvalue weighted by Crippen LogP contribution is -2.36. The van der Waals surface area contributed by atoms with Crippen molar-refractivity contribution in [3.05, 3.63) is 42.0 Å². The minimum atomic E-state index is -0.972. The van der Waals surface area contributed by atoms with Crippen molar-refractivity contribution in [3.63, 3.8) is 0 Å². The molecule has 0 radical (unpaired) electrons. The lowest BCUT2D eigenvalue weighted by Gasteiger charge is -2.14. The first-order valence-electron chi connectivity index (χ1n) is 5.52. The number of hydrogen-bond donors (Lipinski definition) is 2. The van der Waals surface area contributed by atoms with Crippen molar-refractivity contribution in [2.75, 3.05) is 13.6 Å². The Balaban J connectivity index is 2.56. The van der Waals surface area contributed by atoms with E-state index < -0.39 is 5.97 Å². The van der Waals surface area contributed by atoms with Gasteiger partial charge in [0.1, 0.15) is 6.54 Å². The number of carboxylic acids is 1. The van der Waals surface area contributed by atoms with Gasteiger partial charge in [0, 0.05) is 7.05 Å². The number of nitrogens with one attached hydrogen (secondary N) is 1. The fourth-order valence-electron chi connectivity index (χ4n) is 1.19. The molecule has 0 bridgehead atoms. The molecular weight excluding hydrogens is 262 g/mol. The third-order valence-corrected chi connectivity index (χ3v) is 2.65. The summed E-state index contributed by atoms with van der Waals surface area (Å²) in [5.41, 5.74) is 1.95. The second kappa shape index (κ2) is 7.27. The standard InChI is InChI=1S/C13H15N3O2S/c1-3-10-4-6-11(7-5-10)8-15-16(2)13(19)14-9-12(17)18/h3-8H,1,9H2,2H3,(H,14,19)(H,17,18)/b15-8+. The molecule has 5 nitrogen and oxygen atoms in total. The van der Waals surface area contributed by atoms with E-state index in [1.165, 1.54) is 5.01 Å². The molecule has 0 saturated carbocycles. The van der Waals surface area contributed by atoms with E-state index in [0.29, 0.717) is 0 Å². The van der Waals surface area contributed by atoms with Crippen molar-refractivity contribution in [2.24, 2.45) is 5.10 Å². The van der Waals surface area contributed by atoms with Gasteiger partial charge in [0.2, 0.25) is 0 Å². The van der Waals surface area contributed by atoms with E-state index in [4.69, 9.17) is 17.3 Å². The Hall–Kier alpha value is -2.21. The maximum Gasteiger partial charge on any atom is 0.322 e. The molecule has 0 fully saturated rings. The smallest absolute Gasteiger partial charge is 0.322 e. The van der Waals surface area contributed by atoms with Crippen LogP contribution in [0, 0.1) is 0 Å². The molecule has 0 heterocycles. The van der Waals surface area contributed by atoms with Crippen molar-refractivity contribution < 1.29 is 9.90 Å². The quantitative estimate of drug-likeness (QED) is 0.486. The van der Waals surface area contributed by atoms with Crippen LogP contribution in [0.3, 0.4) is 0 Å². The van der Waals surface area contributed by atoms with Crippen LogP contribution in [-0.2, 0) is 4.79 Å². The Morgan fingerprint density at radius 1 is 1.47 bits per heavy atom. The summed E-state index contributed by atoms with van der Waals surface area (Å²) in [6.07, 6.45) is 3.40. The van der Waals surface area contributed by atoms with Gasteiger partial charge in [-0.3, -0.25) is 4.79 Å². The second-order valence-corrected chi connectivity index (χ2v) is 4.08. The van der Waals surface area contributed by atoms with E-state index in [-0.39, 0.29) is 11.7 Å². The van der Waals surface area contributed by atoms with Gasteiger partial charge in [0.05, 0.1) is 6.21 Å². The zero-order valence-electron chi connectivity index (χ0n) is 10.5. The van der Waals surface area contributed by atoms with Gasteiger partial charge in [-0.1, -0.05) is 36.9 Å². The van der Waals surface area contributed by atoms with Crippen molar-refractivity contribution >= 4 is 35.6 Å². The van der Waals surface area contributed by atoms with Crippen LogP contribution in [0.15, 0.2) is 35.9 Å². The summed E-state index contributed by atoms with van der Waals surface area (Å²) < 4.78 is 0. The molecule has 0 unspecified atom stereocenters. The molecule has 0 saturated heterocycles. The second-order valence-electron chi connectivity index (χ2n) is 3.69. The number of hydrogen-bond acceptors (Lipinski definition) is 3. The number of hydrazone groups is 1. The van der Waals surface area contributed by atoms with Crippen molar-refractivity contribution in [2.45, 2.75) is 0 Å². The molecule has 1 aromatic rings. The van der Waals surface area contributed by atoms with Crippen molar-refractivity contribution in [1.29, 1.82) is 0 Å². The molecule has 0 aliphatic heterocycles. The van der Waals surface area contributed by atoms with E-state index >= 15 is 0 Å². The Morgan fingerprint density at radius 3 is 2.58 bits per heavy atom. The maximum absolute atomic E-state index is 10.4. The fourth-order valence-corrected chi connectivity index (χ4v) is 1.31. The predicted octanol–water partition coefficient (Wildman–Crippen LogP) is 1.55. The summed E-state index contributed by atoms with van der Waals surface area (Å²) >= 11 is 4.97. The van der Waals surface area contributed by atoms with Gasteiger partial charge in [0.25, 0.3) is 0 Å². The number of carboxylic acid groups (broad SMARTS) is 1. The van der Waals surface area contributed by atoms with Crippen LogP contribution in [0.2, 0.25) is 0 Å². The Kier molecular flexibility index (Phi) is 5.69. The van der Waals surface area contributed by atoms with Crippen molar-refractivity contribution in [3.8, 4) is 0 Å². The third kappa shape index (κ3) is 5.31. The summed E-state index contributed by atoms with van der Waals surface area (Å²) in [6.45, 7) is 3.45. The normalized spacial score (nSPS) is 10.2. The Labute approximate surface area is 117 Å². The third-order valence-electron chi connectivity index (χ3n) is 2.24. The van der Waals surface area contributed by atoms with Gasteiger partial charge < -0.3 is 10.4 Å². The molecule has 0 aliphatic rings. The monoisotopic (exact) mass is 277 g/mol. The highest BCUT2D eigenvalue weighted by Crippen LogP contribution is 2.03. The lowest BCUT2D eigenvalue weighted by molar-refractivity contribution is -0.135. The average molecular weight is 277 g/mol. The molecule has 1 aromatic carbocycles. The average Bonchev–Trinajstić information content (AvgIpc) is 2.42. The van der Waals surface area contributed by atoms with Gasteiger partial charge in [-0.25, -0.2) is 5.01 Å². The Morgan fingerprint density at radius 2 is 2.05 bits per heavy atom. The number of benzene rings is 1. The lowest BCUT2D eigenvalue weighted by atomic mass is 10.1. The molecule has 0 aromatic heterocycles. The van der Waals surface area contributed by atoms with Gasteiger partial charge in [0.15, 0.2) is 5.11 Å². The van der Waals surface area contributed by atoms with E-state index in [9.17, 15) is 4.79 Å². The summed E-state index contributed by atoms with van der Waals surface area (Å²) in [5.74, 6) is -0.972. The number of nitrogens with zero attached hydrogens (tertiary/aromatic N) is 2. The van der Waals surface area contributed by atoms with E-state index in [1.807, 2.05) is 24.3 Å². The van der Waals surface area contributed by atoms with Crippen LogP contribution >= 0.6 is 12.2 Å². The summed E-state index contributed by atoms with van der Waals surface area (Å²) in [6, 6.07) is 7.66. The largest absolute Gasteiger partial charge is 0.480 e. The highest BCUT2D eigenvalue weighted by atomic mass is 32.1. The van der Waals surface area contributed by atoms with Gasteiger partial charge >= 0.3 is 5.97 Å². The number of rotatable bonds is 5. The van der Waals surface area contributed by atoms with Crippen LogP contribution in [0.1, 0.15) is 11.1 Å². The zero-order chi connectivity index (χ0) is 14.3. The topological polar surface area (TPSA) is 64.9 Å². The van der Waals surface area contributed by atoms with Gasteiger partial charge in [-0.15, -0.1) is 0 Å². The predicted molar refractivity (Wildman–Crippen MR) is 80.1 cm³/mol. The Bertz CT molecular complexity index is 497. The van der Waals surface area contributed by atoms with Crippen LogP contribution in [0.4, 0.5) is 0 Å². The molecule has 0 amide bonds. The molecule has 0 atom stereocenters. The fraction of sp³-hybridized carbons (Fsp3) is 0.154. The first-order chi connectivity index (χ1) is 9.02. The number of thiocarbonyl (C=S) groups is 1. The summed E-state index contributed by atoms with van der Waals surface area (Å²) in [7, 11) is 1.64. The SMILES string of the molecule is C=Cc1ccc(/C=N/N(C)C(=S)NCC(=O)O)cc1. The molecular formula is C13H15N3O2S. The molecule has 0 aliphatic carbocycles. The molecule has 1 rings (SSSR count). The molecule has 0 spiro atoms. The molecule has 2 N–H and O–H groups in total. The van der Waals surface area contributed by atoms with Gasteiger partial charge in [-0.2, -0.15) is 5.10 Å². The van der Waals surface area contributed by atoms with E-state index in [0.717, 1.165) is 11.1 Å². The van der Waals surface area contributed by atoms with Gasteiger partial charge in [-0.05, 0) is 23.3 Å². The number of carbonyl (C=O) groups is 1. The molecule has 100 valence electrons. The molecule has 6 heteroatoms. The van der Waals surface area contributed by atoms with E-state index in [2.05, 4.69) is 17.0 Å². The first kappa shape index (κ1) is 14.8. The highest BCUT2D eigenvalue weighted by Gasteiger charge is 2.03. The highest BCUT2D eigenvalue weighted by molar-refractivity contribution is 7.80. The first-order valence-corrected chi connectivity index (χ1v) is 5.93. The minimum absolute atomic E-state index is 0.229. The zero-order valence-corrected chi connectivity index (χ0v) is 11.4. The van der Waals surface area contributed by atoms with E-state index in [1.54, 1.807) is 19.3 Å². The van der Waals surface area contributed by atoms with Crippen LogP contribution in [-0.4, -0.2) is 41.0 Å². The van der Waals surface area contributed by atoms with Crippen LogP contribution < -0.4 is 5.32 Å².